The molecule has 2 heterocycles. The van der Waals surface area contributed by atoms with Gasteiger partial charge in [-0.2, -0.15) is 5.10 Å². The van der Waals surface area contributed by atoms with E-state index in [4.69, 9.17) is 4.74 Å². The van der Waals surface area contributed by atoms with Gasteiger partial charge in [0.25, 0.3) is 5.91 Å². The summed E-state index contributed by atoms with van der Waals surface area (Å²) in [4.78, 5) is 28.3. The zero-order chi connectivity index (χ0) is 18.1. The van der Waals surface area contributed by atoms with E-state index in [1.54, 1.807) is 14.5 Å². The van der Waals surface area contributed by atoms with Crippen LogP contribution in [-0.4, -0.2) is 56.8 Å². The standard InChI is InChI=1S/C17H28N4O3/c1-7-20(8-2)15(22)14-12-9-10-21(11-13(12)19(6)18-14)16(23)24-17(3,4)5/h7-11H2,1-6H3. The molecule has 0 fully saturated rings. The number of aryl methyl sites for hydroxylation is 1. The van der Waals surface area contributed by atoms with Gasteiger partial charge in [-0.15, -0.1) is 0 Å². The van der Waals surface area contributed by atoms with Crippen molar-refractivity contribution in [3.05, 3.63) is 17.0 Å². The van der Waals surface area contributed by atoms with E-state index in [0.29, 0.717) is 38.3 Å². The lowest BCUT2D eigenvalue weighted by atomic mass is 10.0. The van der Waals surface area contributed by atoms with Crippen molar-refractivity contribution in [1.29, 1.82) is 0 Å². The largest absolute Gasteiger partial charge is 0.444 e. The SMILES string of the molecule is CCN(CC)C(=O)c1nn(C)c2c1CCN(C(=O)OC(C)(C)C)C2. The molecule has 0 saturated carbocycles. The number of aromatic nitrogens is 2. The van der Waals surface area contributed by atoms with Gasteiger partial charge in [-0.1, -0.05) is 0 Å². The number of carbonyl (C=O) groups excluding carboxylic acids is 2. The van der Waals surface area contributed by atoms with Crippen LogP contribution in [0.3, 0.4) is 0 Å². The number of hydrogen-bond donors (Lipinski definition) is 0. The molecule has 1 aromatic heterocycles. The molecule has 1 aromatic rings. The van der Waals surface area contributed by atoms with E-state index < -0.39 is 5.60 Å². The summed E-state index contributed by atoms with van der Waals surface area (Å²) >= 11 is 0. The molecule has 2 amide bonds. The van der Waals surface area contributed by atoms with Crippen molar-refractivity contribution in [2.75, 3.05) is 19.6 Å². The first kappa shape index (κ1) is 18.3. The topological polar surface area (TPSA) is 67.7 Å². The second-order valence-corrected chi connectivity index (χ2v) is 7.03. The van der Waals surface area contributed by atoms with E-state index in [-0.39, 0.29) is 12.0 Å². The van der Waals surface area contributed by atoms with Crippen molar-refractivity contribution in [2.24, 2.45) is 7.05 Å². The van der Waals surface area contributed by atoms with Crippen molar-refractivity contribution in [2.45, 2.75) is 53.2 Å². The van der Waals surface area contributed by atoms with Gasteiger partial charge in [0.05, 0.1) is 12.2 Å². The molecule has 1 aliphatic heterocycles. The zero-order valence-corrected chi connectivity index (χ0v) is 15.5. The lowest BCUT2D eigenvalue weighted by molar-refractivity contribution is 0.0219. The number of amides is 2. The fourth-order valence-electron chi connectivity index (χ4n) is 2.88. The first-order valence-corrected chi connectivity index (χ1v) is 8.49. The number of nitrogens with zero attached hydrogens (tertiary/aromatic N) is 4. The number of ether oxygens (including phenoxy) is 1. The van der Waals surface area contributed by atoms with Crippen LogP contribution in [0.5, 0.6) is 0 Å². The van der Waals surface area contributed by atoms with Gasteiger partial charge < -0.3 is 14.5 Å². The molecular weight excluding hydrogens is 308 g/mol. The van der Waals surface area contributed by atoms with Crippen LogP contribution in [0, 0.1) is 0 Å². The number of fused-ring (bicyclic) bond motifs is 1. The van der Waals surface area contributed by atoms with Gasteiger partial charge in [-0.25, -0.2) is 4.79 Å². The van der Waals surface area contributed by atoms with Crippen LogP contribution in [0.1, 0.15) is 56.4 Å². The van der Waals surface area contributed by atoms with E-state index in [1.807, 2.05) is 41.7 Å². The van der Waals surface area contributed by atoms with Gasteiger partial charge in [-0.05, 0) is 41.0 Å². The molecule has 0 atom stereocenters. The number of hydrogen-bond acceptors (Lipinski definition) is 4. The van der Waals surface area contributed by atoms with Crippen molar-refractivity contribution >= 4 is 12.0 Å². The Labute approximate surface area is 143 Å². The summed E-state index contributed by atoms with van der Waals surface area (Å²) in [5.41, 5.74) is 1.85. The maximum Gasteiger partial charge on any atom is 0.410 e. The highest BCUT2D eigenvalue weighted by Gasteiger charge is 2.32. The van der Waals surface area contributed by atoms with Gasteiger partial charge >= 0.3 is 6.09 Å². The Bertz CT molecular complexity index is 627. The Morgan fingerprint density at radius 2 is 1.88 bits per heavy atom. The fraction of sp³-hybridized carbons (Fsp3) is 0.706. The van der Waals surface area contributed by atoms with Crippen LogP contribution >= 0.6 is 0 Å². The smallest absolute Gasteiger partial charge is 0.410 e. The summed E-state index contributed by atoms with van der Waals surface area (Å²) in [7, 11) is 1.82. The van der Waals surface area contributed by atoms with Crippen molar-refractivity contribution in [3.8, 4) is 0 Å². The highest BCUT2D eigenvalue weighted by Crippen LogP contribution is 2.24. The first-order chi connectivity index (χ1) is 11.2. The third kappa shape index (κ3) is 3.71. The molecule has 0 radical (unpaired) electrons. The lowest BCUT2D eigenvalue weighted by Gasteiger charge is -2.30. The van der Waals surface area contributed by atoms with Crippen LogP contribution in [0.15, 0.2) is 0 Å². The summed E-state index contributed by atoms with van der Waals surface area (Å²) in [6, 6.07) is 0. The fourth-order valence-corrected chi connectivity index (χ4v) is 2.88. The van der Waals surface area contributed by atoms with Crippen LogP contribution in [0.4, 0.5) is 4.79 Å². The molecule has 0 saturated heterocycles. The Morgan fingerprint density at radius 1 is 1.25 bits per heavy atom. The van der Waals surface area contributed by atoms with Gasteiger partial charge in [0.1, 0.15) is 5.60 Å². The zero-order valence-electron chi connectivity index (χ0n) is 15.5. The summed E-state index contributed by atoms with van der Waals surface area (Å²) in [6.07, 6.45) is 0.288. The summed E-state index contributed by atoms with van der Waals surface area (Å²) in [5, 5.41) is 4.42. The molecule has 0 aliphatic carbocycles. The van der Waals surface area contributed by atoms with E-state index in [0.717, 1.165) is 11.3 Å². The predicted octanol–water partition coefficient (Wildman–Crippen LogP) is 2.20. The summed E-state index contributed by atoms with van der Waals surface area (Å²) < 4.78 is 7.15. The third-order valence-corrected chi connectivity index (χ3v) is 4.15. The van der Waals surface area contributed by atoms with E-state index in [1.165, 1.54) is 0 Å². The van der Waals surface area contributed by atoms with E-state index in [2.05, 4.69) is 5.10 Å². The average molecular weight is 336 g/mol. The molecular formula is C17H28N4O3. The molecule has 0 spiro atoms. The van der Waals surface area contributed by atoms with Crippen LogP contribution in [0.2, 0.25) is 0 Å². The molecule has 0 aromatic carbocycles. The predicted molar refractivity (Wildman–Crippen MR) is 90.8 cm³/mol. The molecule has 0 unspecified atom stereocenters. The van der Waals surface area contributed by atoms with Gasteiger partial charge in [0, 0.05) is 32.2 Å². The second-order valence-electron chi connectivity index (χ2n) is 7.03. The van der Waals surface area contributed by atoms with Gasteiger partial charge in [0.2, 0.25) is 0 Å². The minimum absolute atomic E-state index is 0.0393. The molecule has 134 valence electrons. The van der Waals surface area contributed by atoms with Crippen LogP contribution in [-0.2, 0) is 24.8 Å². The molecule has 0 bridgehead atoms. The van der Waals surface area contributed by atoms with Gasteiger partial charge in [-0.3, -0.25) is 9.48 Å². The summed E-state index contributed by atoms with van der Waals surface area (Å²) in [6.45, 7) is 11.7. The van der Waals surface area contributed by atoms with E-state index >= 15 is 0 Å². The first-order valence-electron chi connectivity index (χ1n) is 8.49. The summed E-state index contributed by atoms with van der Waals surface area (Å²) in [5.74, 6) is -0.0393. The van der Waals surface area contributed by atoms with Gasteiger partial charge in [0.15, 0.2) is 5.69 Å². The molecule has 24 heavy (non-hydrogen) atoms. The molecule has 0 N–H and O–H groups in total. The number of carbonyl (C=O) groups is 2. The van der Waals surface area contributed by atoms with Crippen molar-refractivity contribution in [3.63, 3.8) is 0 Å². The minimum Gasteiger partial charge on any atom is -0.444 e. The average Bonchev–Trinajstić information content (AvgIpc) is 2.83. The third-order valence-electron chi connectivity index (χ3n) is 4.15. The molecule has 7 heteroatoms. The Hall–Kier alpha value is -2.05. The van der Waals surface area contributed by atoms with Crippen molar-refractivity contribution in [1.82, 2.24) is 19.6 Å². The maximum atomic E-state index is 12.6. The van der Waals surface area contributed by atoms with Crippen LogP contribution in [0.25, 0.3) is 0 Å². The lowest BCUT2D eigenvalue weighted by Crippen LogP contribution is -2.40. The molecule has 2 rings (SSSR count). The molecule has 7 nitrogen and oxygen atoms in total. The van der Waals surface area contributed by atoms with Crippen LogP contribution < -0.4 is 0 Å². The normalized spacial score (nSPS) is 14.3. The quantitative estimate of drug-likeness (QED) is 0.848. The Balaban J connectivity index is 2.22. The number of rotatable bonds is 3. The Morgan fingerprint density at radius 3 is 2.42 bits per heavy atom. The highest BCUT2D eigenvalue weighted by molar-refractivity contribution is 5.94. The minimum atomic E-state index is -0.520. The monoisotopic (exact) mass is 336 g/mol. The highest BCUT2D eigenvalue weighted by atomic mass is 16.6. The van der Waals surface area contributed by atoms with E-state index in [9.17, 15) is 9.59 Å². The maximum absolute atomic E-state index is 12.6. The Kier molecular flexibility index (Phi) is 5.20. The molecule has 1 aliphatic rings. The second kappa shape index (κ2) is 6.83. The van der Waals surface area contributed by atoms with Crippen molar-refractivity contribution < 1.29 is 14.3 Å².